The van der Waals surface area contributed by atoms with Gasteiger partial charge in [0.1, 0.15) is 5.01 Å². The number of rotatable bonds is 6. The van der Waals surface area contributed by atoms with Crippen molar-refractivity contribution in [2.75, 3.05) is 33.7 Å². The highest BCUT2D eigenvalue weighted by molar-refractivity contribution is 7.11. The molecular formula is C15H26N4OS. The highest BCUT2D eigenvalue weighted by atomic mass is 32.1. The van der Waals surface area contributed by atoms with Crippen LogP contribution in [0.5, 0.6) is 0 Å². The molecule has 5 nitrogen and oxygen atoms in total. The maximum Gasteiger partial charge on any atom is 0.221 e. The number of nitrogens with zero attached hydrogens (tertiary/aromatic N) is 3. The van der Waals surface area contributed by atoms with Gasteiger partial charge in [-0.3, -0.25) is 4.79 Å². The first kappa shape index (κ1) is 16.4. The fourth-order valence-electron chi connectivity index (χ4n) is 2.61. The number of aryl methyl sites for hydroxylation is 2. The largest absolute Gasteiger partial charge is 0.350 e. The van der Waals surface area contributed by atoms with E-state index in [2.05, 4.69) is 41.1 Å². The average molecular weight is 310 g/mol. The maximum atomic E-state index is 11.9. The van der Waals surface area contributed by atoms with Crippen LogP contribution >= 0.6 is 11.3 Å². The van der Waals surface area contributed by atoms with E-state index in [0.29, 0.717) is 19.0 Å². The van der Waals surface area contributed by atoms with Gasteiger partial charge >= 0.3 is 0 Å². The molecule has 0 saturated carbocycles. The molecule has 1 fully saturated rings. The second kappa shape index (κ2) is 7.33. The van der Waals surface area contributed by atoms with E-state index in [1.807, 2.05) is 6.92 Å². The maximum absolute atomic E-state index is 11.9. The number of aromatic nitrogens is 1. The lowest BCUT2D eigenvalue weighted by Gasteiger charge is -2.23. The minimum Gasteiger partial charge on any atom is -0.350 e. The summed E-state index contributed by atoms with van der Waals surface area (Å²) in [6.45, 7) is 7.70. The Morgan fingerprint density at radius 2 is 2.29 bits per heavy atom. The second-order valence-electron chi connectivity index (χ2n) is 5.96. The fraction of sp³-hybridized carbons (Fsp3) is 0.733. The number of hydrogen-bond donors (Lipinski definition) is 1. The van der Waals surface area contributed by atoms with Crippen molar-refractivity contribution in [2.45, 2.75) is 39.3 Å². The molecule has 1 aromatic heterocycles. The number of carbonyl (C=O) groups excluding carboxylic acids is 1. The zero-order chi connectivity index (χ0) is 15.4. The Labute approximate surface area is 131 Å². The van der Waals surface area contributed by atoms with Gasteiger partial charge in [0.2, 0.25) is 5.91 Å². The molecule has 6 heteroatoms. The molecule has 1 saturated heterocycles. The summed E-state index contributed by atoms with van der Waals surface area (Å²) >= 11 is 1.66. The van der Waals surface area contributed by atoms with Crippen LogP contribution in [0.15, 0.2) is 0 Å². The normalized spacial score (nSPS) is 19.4. The van der Waals surface area contributed by atoms with Crippen molar-refractivity contribution >= 4 is 17.2 Å². The first-order valence-electron chi connectivity index (χ1n) is 7.54. The lowest BCUT2D eigenvalue weighted by atomic mass is 10.2. The lowest BCUT2D eigenvalue weighted by molar-refractivity contribution is -0.121. The molecule has 1 atom stereocenters. The van der Waals surface area contributed by atoms with E-state index < -0.39 is 0 Å². The molecule has 2 heterocycles. The van der Waals surface area contributed by atoms with E-state index in [0.717, 1.165) is 30.3 Å². The van der Waals surface area contributed by atoms with E-state index in [1.165, 1.54) is 11.3 Å². The molecule has 1 aliphatic heterocycles. The van der Waals surface area contributed by atoms with E-state index in [-0.39, 0.29) is 5.91 Å². The number of likely N-dealkylation sites (N-methyl/N-ethyl adjacent to an activating group) is 2. The molecule has 21 heavy (non-hydrogen) atoms. The molecule has 0 unspecified atom stereocenters. The van der Waals surface area contributed by atoms with Crippen LogP contribution < -0.4 is 5.32 Å². The first-order valence-corrected chi connectivity index (χ1v) is 8.35. The van der Waals surface area contributed by atoms with Gasteiger partial charge in [0.15, 0.2) is 0 Å². The first-order chi connectivity index (χ1) is 9.95. The molecule has 0 radical (unpaired) electrons. The molecule has 0 spiro atoms. The minimum absolute atomic E-state index is 0.110. The Morgan fingerprint density at radius 1 is 1.52 bits per heavy atom. The van der Waals surface area contributed by atoms with Gasteiger partial charge in [-0.05, 0) is 40.9 Å². The predicted octanol–water partition coefficient (Wildman–Crippen LogP) is 1.40. The van der Waals surface area contributed by atoms with E-state index in [1.54, 1.807) is 11.3 Å². The summed E-state index contributed by atoms with van der Waals surface area (Å²) in [7, 11) is 4.27. The third-order valence-corrected chi connectivity index (χ3v) is 5.26. The molecular weight excluding hydrogens is 284 g/mol. The van der Waals surface area contributed by atoms with Gasteiger partial charge in [0.05, 0.1) is 12.2 Å². The summed E-state index contributed by atoms with van der Waals surface area (Å²) in [5.74, 6) is 0.110. The Kier molecular flexibility index (Phi) is 5.72. The van der Waals surface area contributed by atoms with Crippen molar-refractivity contribution in [2.24, 2.45) is 0 Å². The summed E-state index contributed by atoms with van der Waals surface area (Å²) in [5.41, 5.74) is 1.06. The Balaban J connectivity index is 1.67. The van der Waals surface area contributed by atoms with Gasteiger partial charge in [-0.15, -0.1) is 11.3 Å². The minimum atomic E-state index is 0.110. The quantitative estimate of drug-likeness (QED) is 0.863. The number of likely N-dealkylation sites (tertiary alicyclic amines) is 1. The summed E-state index contributed by atoms with van der Waals surface area (Å²) in [6.07, 6.45) is 1.76. The molecule has 0 bridgehead atoms. The Bertz CT molecular complexity index is 469. The van der Waals surface area contributed by atoms with Crippen LogP contribution in [0.4, 0.5) is 0 Å². The fourth-order valence-corrected chi connectivity index (χ4v) is 3.48. The van der Waals surface area contributed by atoms with Crippen molar-refractivity contribution in [3.05, 3.63) is 15.6 Å². The SMILES string of the molecule is Cc1nc(CNC(=O)CCN(C)[C@@H]2CCN(C)C2)sc1C. The van der Waals surface area contributed by atoms with Crippen molar-refractivity contribution < 1.29 is 4.79 Å². The standard InChI is InChI=1S/C15H26N4OS/c1-11-12(2)21-15(17-11)9-16-14(20)6-8-19(4)13-5-7-18(3)10-13/h13H,5-10H2,1-4H3,(H,16,20)/t13-/m1/s1. The number of nitrogens with one attached hydrogen (secondary N) is 1. The number of carbonyl (C=O) groups is 1. The molecule has 1 aliphatic rings. The van der Waals surface area contributed by atoms with Crippen molar-refractivity contribution in [3.63, 3.8) is 0 Å². The number of hydrogen-bond acceptors (Lipinski definition) is 5. The van der Waals surface area contributed by atoms with E-state index >= 15 is 0 Å². The molecule has 0 aliphatic carbocycles. The third-order valence-electron chi connectivity index (χ3n) is 4.19. The van der Waals surface area contributed by atoms with Crippen LogP contribution in [0.3, 0.4) is 0 Å². The molecule has 2 rings (SSSR count). The summed E-state index contributed by atoms with van der Waals surface area (Å²) in [5, 5.41) is 3.96. The van der Waals surface area contributed by atoms with Crippen molar-refractivity contribution in [1.82, 2.24) is 20.1 Å². The number of thiazole rings is 1. The van der Waals surface area contributed by atoms with E-state index in [9.17, 15) is 4.79 Å². The van der Waals surface area contributed by atoms with Gasteiger partial charge in [-0.25, -0.2) is 4.98 Å². The Hall–Kier alpha value is -0.980. The van der Waals surface area contributed by atoms with Crippen LogP contribution in [-0.2, 0) is 11.3 Å². The van der Waals surface area contributed by atoms with Gasteiger partial charge in [-0.1, -0.05) is 0 Å². The van der Waals surface area contributed by atoms with Crippen LogP contribution in [0, 0.1) is 13.8 Å². The highest BCUT2D eigenvalue weighted by Gasteiger charge is 2.23. The molecule has 1 N–H and O–H groups in total. The molecule has 1 amide bonds. The Morgan fingerprint density at radius 3 is 2.86 bits per heavy atom. The van der Waals surface area contributed by atoms with E-state index in [4.69, 9.17) is 0 Å². The molecule has 0 aromatic carbocycles. The highest BCUT2D eigenvalue weighted by Crippen LogP contribution is 2.16. The average Bonchev–Trinajstić information content (AvgIpc) is 3.00. The zero-order valence-electron chi connectivity index (χ0n) is 13.5. The predicted molar refractivity (Wildman–Crippen MR) is 86.6 cm³/mol. The van der Waals surface area contributed by atoms with Crippen LogP contribution in [0.25, 0.3) is 0 Å². The summed E-state index contributed by atoms with van der Waals surface area (Å²) in [4.78, 5) is 22.2. The van der Waals surface area contributed by atoms with Crippen molar-refractivity contribution in [3.8, 4) is 0 Å². The lowest BCUT2D eigenvalue weighted by Crippen LogP contribution is -2.36. The van der Waals surface area contributed by atoms with Crippen molar-refractivity contribution in [1.29, 1.82) is 0 Å². The molecule has 1 aromatic rings. The van der Waals surface area contributed by atoms with Crippen LogP contribution in [0.1, 0.15) is 28.4 Å². The number of amides is 1. The zero-order valence-corrected chi connectivity index (χ0v) is 14.3. The van der Waals surface area contributed by atoms with Gasteiger partial charge < -0.3 is 15.1 Å². The van der Waals surface area contributed by atoms with Gasteiger partial charge in [0.25, 0.3) is 0 Å². The topological polar surface area (TPSA) is 48.5 Å². The summed E-state index contributed by atoms with van der Waals surface area (Å²) < 4.78 is 0. The second-order valence-corrected chi connectivity index (χ2v) is 7.25. The van der Waals surface area contributed by atoms with Gasteiger partial charge in [0, 0.05) is 30.4 Å². The van der Waals surface area contributed by atoms with Crippen LogP contribution in [-0.4, -0.2) is 60.5 Å². The summed E-state index contributed by atoms with van der Waals surface area (Å²) in [6, 6.07) is 0.590. The smallest absolute Gasteiger partial charge is 0.221 e. The third kappa shape index (κ3) is 4.76. The van der Waals surface area contributed by atoms with Gasteiger partial charge in [-0.2, -0.15) is 0 Å². The molecule has 118 valence electrons. The van der Waals surface area contributed by atoms with Crippen LogP contribution in [0.2, 0.25) is 0 Å². The monoisotopic (exact) mass is 310 g/mol.